The summed E-state index contributed by atoms with van der Waals surface area (Å²) in [6.07, 6.45) is -0.234. The van der Waals surface area contributed by atoms with Crippen molar-refractivity contribution >= 4 is 17.6 Å². The summed E-state index contributed by atoms with van der Waals surface area (Å²) in [7, 11) is 0. The molecular weight excluding hydrogens is 282 g/mol. The second-order valence-electron chi connectivity index (χ2n) is 6.87. The van der Waals surface area contributed by atoms with Crippen molar-refractivity contribution in [3.05, 3.63) is 11.8 Å². The Morgan fingerprint density at radius 3 is 2.86 bits per heavy atom. The van der Waals surface area contributed by atoms with Crippen molar-refractivity contribution in [2.24, 2.45) is 0 Å². The number of aryl methyl sites for hydroxylation is 1. The maximum absolute atomic E-state index is 12.2. The Bertz CT molecular complexity index is 584. The molecule has 1 aromatic rings. The maximum atomic E-state index is 12.2. The Kier molecular flexibility index (Phi) is 3.58. The molecule has 1 unspecified atom stereocenters. The van der Waals surface area contributed by atoms with Crippen molar-refractivity contribution in [1.82, 2.24) is 15.1 Å². The molecule has 3 heterocycles. The van der Waals surface area contributed by atoms with E-state index in [0.717, 1.165) is 30.3 Å². The predicted molar refractivity (Wildman–Crippen MR) is 84.2 cm³/mol. The number of nitrogens with zero attached hydrogens (tertiary/aromatic N) is 4. The molecule has 0 saturated carbocycles. The molecule has 0 bridgehead atoms. The highest BCUT2D eigenvalue weighted by Crippen LogP contribution is 2.31. The van der Waals surface area contributed by atoms with E-state index in [0.29, 0.717) is 13.1 Å². The summed E-state index contributed by atoms with van der Waals surface area (Å²) in [6, 6.07) is 2.28. The zero-order chi connectivity index (χ0) is 15.9. The van der Waals surface area contributed by atoms with Gasteiger partial charge in [0, 0.05) is 26.2 Å². The molecule has 2 aliphatic heterocycles. The molecule has 0 radical (unpaired) electrons. The average molecular weight is 305 g/mol. The fourth-order valence-electron chi connectivity index (χ4n) is 2.87. The molecule has 0 aliphatic carbocycles. The normalized spacial score (nSPS) is 20.8. The molecule has 3 rings (SSSR count). The van der Waals surface area contributed by atoms with Crippen LogP contribution in [-0.4, -0.2) is 59.0 Å². The van der Waals surface area contributed by atoms with Gasteiger partial charge in [-0.05, 0) is 33.8 Å². The van der Waals surface area contributed by atoms with E-state index in [9.17, 15) is 4.79 Å². The highest BCUT2D eigenvalue weighted by molar-refractivity contribution is 5.72. The van der Waals surface area contributed by atoms with Crippen molar-refractivity contribution in [2.45, 2.75) is 39.3 Å². The second-order valence-corrected chi connectivity index (χ2v) is 6.87. The quantitative estimate of drug-likeness (QED) is 0.785. The van der Waals surface area contributed by atoms with Crippen LogP contribution in [0.5, 0.6) is 0 Å². The van der Waals surface area contributed by atoms with Gasteiger partial charge < -0.3 is 19.9 Å². The zero-order valence-electron chi connectivity index (χ0n) is 13.6. The fourth-order valence-corrected chi connectivity index (χ4v) is 2.87. The molecule has 1 N–H and O–H groups in total. The number of piperazine rings is 1. The van der Waals surface area contributed by atoms with Crippen molar-refractivity contribution in [3.8, 4) is 0 Å². The molecule has 1 amide bonds. The molecule has 1 atom stereocenters. The van der Waals surface area contributed by atoms with Gasteiger partial charge in [-0.1, -0.05) is 0 Å². The zero-order valence-corrected chi connectivity index (χ0v) is 13.6. The number of fused-ring (bicyclic) bond motifs is 3. The van der Waals surface area contributed by atoms with Gasteiger partial charge in [0.05, 0.1) is 17.4 Å². The lowest BCUT2D eigenvalue weighted by Crippen LogP contribution is -2.59. The van der Waals surface area contributed by atoms with Crippen LogP contribution in [0.1, 0.15) is 26.5 Å². The first-order valence-corrected chi connectivity index (χ1v) is 7.66. The van der Waals surface area contributed by atoms with Gasteiger partial charge in [0.1, 0.15) is 5.60 Å². The summed E-state index contributed by atoms with van der Waals surface area (Å²) in [5.41, 5.74) is 1.52. The summed E-state index contributed by atoms with van der Waals surface area (Å²) in [4.78, 5) is 16.3. The van der Waals surface area contributed by atoms with E-state index in [1.807, 2.05) is 33.8 Å². The van der Waals surface area contributed by atoms with Gasteiger partial charge in [0.2, 0.25) is 0 Å². The topological polar surface area (TPSA) is 70.6 Å². The second kappa shape index (κ2) is 5.30. The fraction of sp³-hybridized carbons (Fsp3) is 0.667. The van der Waals surface area contributed by atoms with Crippen LogP contribution < -0.4 is 10.2 Å². The Balaban J connectivity index is 1.72. The van der Waals surface area contributed by atoms with Crippen LogP contribution in [0.25, 0.3) is 0 Å². The number of rotatable bonds is 0. The van der Waals surface area contributed by atoms with E-state index in [-0.39, 0.29) is 12.1 Å². The lowest BCUT2D eigenvalue weighted by Gasteiger charge is -2.45. The number of carbonyl (C=O) groups excluding carboxylic acids is 1. The molecule has 22 heavy (non-hydrogen) atoms. The summed E-state index contributed by atoms with van der Waals surface area (Å²) in [5.74, 6) is 0.826. The van der Waals surface area contributed by atoms with Crippen molar-refractivity contribution < 1.29 is 9.53 Å². The van der Waals surface area contributed by atoms with Crippen LogP contribution in [0.2, 0.25) is 0 Å². The summed E-state index contributed by atoms with van der Waals surface area (Å²) >= 11 is 0. The number of hydrogen-bond donors (Lipinski definition) is 1. The van der Waals surface area contributed by atoms with Gasteiger partial charge in [-0.3, -0.25) is 0 Å². The third-order valence-electron chi connectivity index (χ3n) is 3.84. The lowest BCUT2D eigenvalue weighted by molar-refractivity contribution is 0.0216. The smallest absolute Gasteiger partial charge is 0.410 e. The molecule has 1 saturated heterocycles. The first-order chi connectivity index (χ1) is 10.3. The van der Waals surface area contributed by atoms with E-state index in [4.69, 9.17) is 4.74 Å². The monoisotopic (exact) mass is 305 g/mol. The predicted octanol–water partition coefficient (Wildman–Crippen LogP) is 1.64. The van der Waals surface area contributed by atoms with Crippen LogP contribution in [0, 0.1) is 6.92 Å². The highest BCUT2D eigenvalue weighted by Gasteiger charge is 2.35. The number of hydrogen-bond acceptors (Lipinski definition) is 6. The Hall–Kier alpha value is -2.05. The van der Waals surface area contributed by atoms with Crippen LogP contribution in [0.3, 0.4) is 0 Å². The number of anilines is 2. The largest absolute Gasteiger partial charge is 0.444 e. The number of nitrogens with one attached hydrogen (secondary N) is 1. The van der Waals surface area contributed by atoms with E-state index in [1.165, 1.54) is 0 Å². The van der Waals surface area contributed by atoms with E-state index >= 15 is 0 Å². The molecule has 2 aliphatic rings. The molecule has 0 aromatic carbocycles. The molecule has 7 nitrogen and oxygen atoms in total. The molecular formula is C15H23N5O2. The third-order valence-corrected chi connectivity index (χ3v) is 3.84. The van der Waals surface area contributed by atoms with E-state index < -0.39 is 5.60 Å². The minimum atomic E-state index is -0.460. The number of aromatic nitrogens is 2. The third kappa shape index (κ3) is 2.93. The van der Waals surface area contributed by atoms with Gasteiger partial charge in [0.25, 0.3) is 0 Å². The average Bonchev–Trinajstić information content (AvgIpc) is 2.44. The SMILES string of the molecule is Cc1cc2c(nn1)NCC1CN(C(=O)OC(C)(C)C)CCN21. The van der Waals surface area contributed by atoms with Crippen molar-refractivity contribution in [3.63, 3.8) is 0 Å². The summed E-state index contributed by atoms with van der Waals surface area (Å²) < 4.78 is 5.47. The molecule has 0 spiro atoms. The Labute approximate surface area is 130 Å². The number of ether oxygens (including phenoxy) is 1. The van der Waals surface area contributed by atoms with Crippen LogP contribution in [0.4, 0.5) is 16.3 Å². The summed E-state index contributed by atoms with van der Waals surface area (Å²) in [6.45, 7) is 10.5. The maximum Gasteiger partial charge on any atom is 0.410 e. The van der Waals surface area contributed by atoms with Gasteiger partial charge in [-0.25, -0.2) is 4.79 Å². The van der Waals surface area contributed by atoms with E-state index in [2.05, 4.69) is 20.4 Å². The van der Waals surface area contributed by atoms with Crippen LogP contribution >= 0.6 is 0 Å². The minimum absolute atomic E-state index is 0.234. The summed E-state index contributed by atoms with van der Waals surface area (Å²) in [5, 5.41) is 11.6. The van der Waals surface area contributed by atoms with Gasteiger partial charge in [0.15, 0.2) is 5.82 Å². The van der Waals surface area contributed by atoms with E-state index in [1.54, 1.807) is 4.90 Å². The standard InChI is InChI=1S/C15H23N5O2/c1-10-7-12-13(18-17-10)16-8-11-9-19(5-6-20(11)12)14(21)22-15(2,3)4/h7,11H,5-6,8-9H2,1-4H3,(H,16,18). The number of amides is 1. The lowest BCUT2D eigenvalue weighted by atomic mass is 10.1. The van der Waals surface area contributed by atoms with Gasteiger partial charge in [-0.2, -0.15) is 5.10 Å². The highest BCUT2D eigenvalue weighted by atomic mass is 16.6. The van der Waals surface area contributed by atoms with Crippen LogP contribution in [-0.2, 0) is 4.74 Å². The molecule has 1 aromatic heterocycles. The minimum Gasteiger partial charge on any atom is -0.444 e. The van der Waals surface area contributed by atoms with Gasteiger partial charge >= 0.3 is 6.09 Å². The molecule has 1 fully saturated rings. The first kappa shape index (κ1) is 14.9. The van der Waals surface area contributed by atoms with Crippen LogP contribution in [0.15, 0.2) is 6.07 Å². The van der Waals surface area contributed by atoms with Crippen molar-refractivity contribution in [1.29, 1.82) is 0 Å². The Morgan fingerprint density at radius 1 is 1.36 bits per heavy atom. The Morgan fingerprint density at radius 2 is 2.14 bits per heavy atom. The van der Waals surface area contributed by atoms with Gasteiger partial charge in [-0.15, -0.1) is 5.10 Å². The molecule has 120 valence electrons. The molecule has 7 heteroatoms. The first-order valence-electron chi connectivity index (χ1n) is 7.66. The van der Waals surface area contributed by atoms with Crippen molar-refractivity contribution in [2.75, 3.05) is 36.4 Å². The number of carbonyl (C=O) groups is 1.